The van der Waals surface area contributed by atoms with Crippen LogP contribution >= 0.6 is 11.8 Å². The molecule has 2 aliphatic rings. The molecule has 15 heavy (non-hydrogen) atoms. The Bertz CT molecular complexity index is 223. The number of nitrogens with zero attached hydrogens (tertiary/aromatic N) is 1. The van der Waals surface area contributed by atoms with E-state index in [1.807, 2.05) is 23.7 Å². The van der Waals surface area contributed by atoms with Crippen molar-refractivity contribution in [3.63, 3.8) is 0 Å². The molecule has 3 nitrogen and oxygen atoms in total. The molecule has 2 fully saturated rings. The molecule has 0 aromatic rings. The molecule has 2 rings (SSSR count). The summed E-state index contributed by atoms with van der Waals surface area (Å²) >= 11 is 1.97. The van der Waals surface area contributed by atoms with Crippen molar-refractivity contribution in [3.8, 4) is 0 Å². The van der Waals surface area contributed by atoms with Crippen molar-refractivity contribution in [2.45, 2.75) is 25.3 Å². The van der Waals surface area contributed by atoms with Gasteiger partial charge in [0.2, 0.25) is 5.91 Å². The molecule has 0 spiro atoms. The number of rotatable bonds is 2. The maximum atomic E-state index is 12.2. The van der Waals surface area contributed by atoms with Crippen LogP contribution in [0.4, 0.5) is 0 Å². The summed E-state index contributed by atoms with van der Waals surface area (Å²) in [6, 6.07) is 0.490. The maximum absolute atomic E-state index is 12.2. The second-order valence-corrected chi connectivity index (χ2v) is 5.66. The highest BCUT2D eigenvalue weighted by molar-refractivity contribution is 7.99. The summed E-state index contributed by atoms with van der Waals surface area (Å²) in [5.74, 6) is 2.93. The van der Waals surface area contributed by atoms with Crippen LogP contribution in [0.15, 0.2) is 0 Å². The van der Waals surface area contributed by atoms with Crippen LogP contribution in [0, 0.1) is 5.92 Å². The van der Waals surface area contributed by atoms with Crippen LogP contribution < -0.4 is 5.32 Å². The van der Waals surface area contributed by atoms with Gasteiger partial charge in [-0.1, -0.05) is 0 Å². The van der Waals surface area contributed by atoms with Crippen molar-refractivity contribution in [2.75, 3.05) is 31.6 Å². The third kappa shape index (κ3) is 2.67. The van der Waals surface area contributed by atoms with Gasteiger partial charge in [-0.25, -0.2) is 0 Å². The lowest BCUT2D eigenvalue weighted by Crippen LogP contribution is -2.45. The number of carbonyl (C=O) groups is 1. The minimum atomic E-state index is 0.231. The van der Waals surface area contributed by atoms with E-state index in [9.17, 15) is 4.79 Å². The number of thioether (sulfide) groups is 1. The van der Waals surface area contributed by atoms with Crippen LogP contribution in [-0.4, -0.2) is 48.5 Å². The Kier molecular flexibility index (Phi) is 3.92. The molecule has 2 aliphatic heterocycles. The van der Waals surface area contributed by atoms with E-state index < -0.39 is 0 Å². The van der Waals surface area contributed by atoms with Crippen LogP contribution in [-0.2, 0) is 4.79 Å². The van der Waals surface area contributed by atoms with E-state index >= 15 is 0 Å². The predicted molar refractivity (Wildman–Crippen MR) is 64.1 cm³/mol. The third-order valence-electron chi connectivity index (χ3n) is 3.45. The molecule has 86 valence electrons. The summed E-state index contributed by atoms with van der Waals surface area (Å²) in [5.41, 5.74) is 0. The van der Waals surface area contributed by atoms with Crippen LogP contribution in [0.2, 0.25) is 0 Å². The van der Waals surface area contributed by atoms with Crippen LogP contribution in [0.5, 0.6) is 0 Å². The van der Waals surface area contributed by atoms with Crippen molar-refractivity contribution in [1.29, 1.82) is 0 Å². The molecule has 2 atom stereocenters. The zero-order valence-corrected chi connectivity index (χ0v) is 10.2. The average Bonchev–Trinajstić information content (AvgIpc) is 2.82. The summed E-state index contributed by atoms with van der Waals surface area (Å²) in [7, 11) is 1.98. The van der Waals surface area contributed by atoms with E-state index in [0.29, 0.717) is 11.9 Å². The zero-order chi connectivity index (χ0) is 10.7. The fraction of sp³-hybridized carbons (Fsp3) is 0.909. The first-order valence-corrected chi connectivity index (χ1v) is 6.99. The first-order chi connectivity index (χ1) is 7.29. The fourth-order valence-corrected chi connectivity index (χ4v) is 3.63. The molecular formula is C11H20N2OS. The van der Waals surface area contributed by atoms with Crippen molar-refractivity contribution >= 4 is 17.7 Å². The number of hydrogen-bond donors (Lipinski definition) is 1. The van der Waals surface area contributed by atoms with Gasteiger partial charge < -0.3 is 10.2 Å². The van der Waals surface area contributed by atoms with Crippen LogP contribution in [0.3, 0.4) is 0 Å². The number of nitrogens with one attached hydrogen (secondary N) is 1. The van der Waals surface area contributed by atoms with Gasteiger partial charge in [-0.05, 0) is 31.6 Å². The van der Waals surface area contributed by atoms with Gasteiger partial charge in [-0.15, -0.1) is 0 Å². The lowest BCUT2D eigenvalue weighted by molar-refractivity contribution is -0.136. The highest BCUT2D eigenvalue weighted by atomic mass is 32.2. The molecule has 0 bridgehead atoms. The Hall–Kier alpha value is -0.220. The molecule has 0 aromatic heterocycles. The predicted octanol–water partition coefficient (Wildman–Crippen LogP) is 0.950. The monoisotopic (exact) mass is 228 g/mol. The first-order valence-electron chi connectivity index (χ1n) is 5.84. The summed E-state index contributed by atoms with van der Waals surface area (Å²) in [6.07, 6.45) is 3.38. The van der Waals surface area contributed by atoms with Gasteiger partial charge in [0.1, 0.15) is 0 Å². The van der Waals surface area contributed by atoms with Gasteiger partial charge in [0.05, 0.1) is 5.92 Å². The molecule has 0 aromatic carbocycles. The lowest BCUT2D eigenvalue weighted by Gasteiger charge is -2.30. The van der Waals surface area contributed by atoms with E-state index in [4.69, 9.17) is 0 Å². The Morgan fingerprint density at radius 1 is 1.47 bits per heavy atom. The lowest BCUT2D eigenvalue weighted by atomic mass is 9.97. The molecule has 0 aliphatic carbocycles. The highest BCUT2D eigenvalue weighted by Crippen LogP contribution is 2.23. The molecular weight excluding hydrogens is 208 g/mol. The summed E-state index contributed by atoms with van der Waals surface area (Å²) in [5, 5.41) is 3.31. The molecule has 0 radical (unpaired) electrons. The van der Waals surface area contributed by atoms with Crippen molar-refractivity contribution in [1.82, 2.24) is 10.2 Å². The molecule has 4 heteroatoms. The van der Waals surface area contributed by atoms with Gasteiger partial charge in [0.25, 0.3) is 0 Å². The van der Waals surface area contributed by atoms with Gasteiger partial charge in [-0.3, -0.25) is 4.79 Å². The van der Waals surface area contributed by atoms with Crippen molar-refractivity contribution in [2.24, 2.45) is 5.92 Å². The molecule has 1 amide bonds. The largest absolute Gasteiger partial charge is 0.342 e. The standard InChI is InChI=1S/C11H20N2OS/c1-13(10-4-6-15-8-10)11(14)9-3-2-5-12-7-9/h9-10,12H,2-8H2,1H3. The molecule has 1 N–H and O–H groups in total. The van der Waals surface area contributed by atoms with Crippen molar-refractivity contribution < 1.29 is 4.79 Å². The van der Waals surface area contributed by atoms with Gasteiger partial charge in [0, 0.05) is 25.4 Å². The number of carbonyl (C=O) groups excluding carboxylic acids is 1. The Labute approximate surface area is 96.0 Å². The normalized spacial score (nSPS) is 31.5. The van der Waals surface area contributed by atoms with E-state index in [0.717, 1.165) is 31.7 Å². The zero-order valence-electron chi connectivity index (χ0n) is 9.37. The summed E-state index contributed by atoms with van der Waals surface area (Å²) < 4.78 is 0. The number of amides is 1. The van der Waals surface area contributed by atoms with E-state index in [-0.39, 0.29) is 5.92 Å². The molecule has 0 saturated carbocycles. The van der Waals surface area contributed by atoms with Gasteiger partial charge >= 0.3 is 0 Å². The quantitative estimate of drug-likeness (QED) is 0.764. The Morgan fingerprint density at radius 3 is 2.93 bits per heavy atom. The highest BCUT2D eigenvalue weighted by Gasteiger charge is 2.29. The molecule has 2 saturated heterocycles. The van der Waals surface area contributed by atoms with Gasteiger partial charge in [0.15, 0.2) is 0 Å². The minimum absolute atomic E-state index is 0.231. The molecule has 2 heterocycles. The van der Waals surface area contributed by atoms with Gasteiger partial charge in [-0.2, -0.15) is 11.8 Å². The second-order valence-electron chi connectivity index (χ2n) is 4.51. The SMILES string of the molecule is CN(C(=O)C1CCCNC1)C1CCSC1. The summed E-state index contributed by atoms with van der Waals surface area (Å²) in [6.45, 7) is 1.95. The average molecular weight is 228 g/mol. The number of hydrogen-bond acceptors (Lipinski definition) is 3. The maximum Gasteiger partial charge on any atom is 0.226 e. The van der Waals surface area contributed by atoms with Crippen LogP contribution in [0.25, 0.3) is 0 Å². The smallest absolute Gasteiger partial charge is 0.226 e. The Balaban J connectivity index is 1.87. The Morgan fingerprint density at radius 2 is 2.33 bits per heavy atom. The van der Waals surface area contributed by atoms with E-state index in [1.165, 1.54) is 12.2 Å². The van der Waals surface area contributed by atoms with Crippen LogP contribution in [0.1, 0.15) is 19.3 Å². The minimum Gasteiger partial charge on any atom is -0.342 e. The summed E-state index contributed by atoms with van der Waals surface area (Å²) in [4.78, 5) is 14.2. The first kappa shape index (κ1) is 11.3. The number of piperidine rings is 1. The van der Waals surface area contributed by atoms with E-state index in [2.05, 4.69) is 5.32 Å². The van der Waals surface area contributed by atoms with Crippen molar-refractivity contribution in [3.05, 3.63) is 0 Å². The molecule has 2 unspecified atom stereocenters. The topological polar surface area (TPSA) is 32.3 Å². The third-order valence-corrected chi connectivity index (χ3v) is 4.59. The fourth-order valence-electron chi connectivity index (χ4n) is 2.36. The van der Waals surface area contributed by atoms with E-state index in [1.54, 1.807) is 0 Å². The second kappa shape index (κ2) is 5.21.